The number of hydrogen-bond acceptors (Lipinski definition) is 5. The molecule has 8 nitrogen and oxygen atoms in total. The summed E-state index contributed by atoms with van der Waals surface area (Å²) in [6, 6.07) is 17.4. The second kappa shape index (κ2) is 8.40. The van der Waals surface area contributed by atoms with Crippen molar-refractivity contribution in [2.24, 2.45) is 0 Å². The zero-order valence-electron chi connectivity index (χ0n) is 17.5. The van der Waals surface area contributed by atoms with Crippen LogP contribution in [0.5, 0.6) is 5.75 Å². The molecule has 164 valence electrons. The van der Waals surface area contributed by atoms with E-state index in [9.17, 15) is 9.59 Å². The molecule has 0 aliphatic rings. The summed E-state index contributed by atoms with van der Waals surface area (Å²) in [4.78, 5) is 34.8. The molecule has 0 fully saturated rings. The van der Waals surface area contributed by atoms with E-state index in [1.807, 2.05) is 24.3 Å². The van der Waals surface area contributed by atoms with E-state index >= 15 is 0 Å². The van der Waals surface area contributed by atoms with E-state index < -0.39 is 0 Å². The summed E-state index contributed by atoms with van der Waals surface area (Å²) in [5.74, 6) is 0.537. The van der Waals surface area contributed by atoms with Crippen LogP contribution in [-0.2, 0) is 11.3 Å². The van der Waals surface area contributed by atoms with Crippen LogP contribution in [0, 0.1) is 0 Å². The van der Waals surface area contributed by atoms with Crippen LogP contribution < -0.4 is 15.6 Å². The van der Waals surface area contributed by atoms with Crippen molar-refractivity contribution in [3.63, 3.8) is 0 Å². The highest BCUT2D eigenvalue weighted by Gasteiger charge is 2.18. The van der Waals surface area contributed by atoms with Gasteiger partial charge in [-0.2, -0.15) is 0 Å². The molecule has 0 unspecified atom stereocenters. The lowest BCUT2D eigenvalue weighted by molar-refractivity contribution is -0.116. The van der Waals surface area contributed by atoms with E-state index in [1.54, 1.807) is 47.3 Å². The molecule has 3 heterocycles. The van der Waals surface area contributed by atoms with Crippen LogP contribution in [0.3, 0.4) is 0 Å². The molecule has 0 saturated carbocycles. The highest BCUT2D eigenvalue weighted by molar-refractivity contribution is 6.31. The summed E-state index contributed by atoms with van der Waals surface area (Å²) in [5.41, 5.74) is 2.86. The molecule has 1 N–H and O–H groups in total. The van der Waals surface area contributed by atoms with Gasteiger partial charge in [0.15, 0.2) is 0 Å². The van der Waals surface area contributed by atoms with E-state index in [-0.39, 0.29) is 18.0 Å². The molecule has 0 bridgehead atoms. The van der Waals surface area contributed by atoms with Crippen LogP contribution in [0.25, 0.3) is 28.1 Å². The molecule has 0 radical (unpaired) electrons. The van der Waals surface area contributed by atoms with E-state index in [1.165, 1.54) is 17.6 Å². The van der Waals surface area contributed by atoms with Gasteiger partial charge < -0.3 is 14.6 Å². The van der Waals surface area contributed by atoms with Gasteiger partial charge in [0.25, 0.3) is 5.56 Å². The predicted molar refractivity (Wildman–Crippen MR) is 127 cm³/mol. The molecule has 0 aliphatic carbocycles. The molecule has 1 amide bonds. The number of amides is 1. The number of ether oxygens (including phenoxy) is 1. The Bertz CT molecular complexity index is 1560. The first-order valence-electron chi connectivity index (χ1n) is 10.1. The van der Waals surface area contributed by atoms with Gasteiger partial charge in [-0.05, 0) is 42.5 Å². The number of nitrogens with zero attached hydrogens (tertiary/aromatic N) is 4. The van der Waals surface area contributed by atoms with Gasteiger partial charge in [0.1, 0.15) is 12.3 Å². The molecule has 0 saturated heterocycles. The maximum Gasteiger partial charge on any atom is 0.260 e. The van der Waals surface area contributed by atoms with Gasteiger partial charge in [0.05, 0.1) is 29.5 Å². The Morgan fingerprint density at radius 3 is 2.58 bits per heavy atom. The van der Waals surface area contributed by atoms with Gasteiger partial charge in [-0.1, -0.05) is 23.7 Å². The SMILES string of the molecule is COc1ccc(Cl)cc1NC(=O)Cn1c2ccccc2n2c(=O)cc(-c3ccncc3)nc12. The van der Waals surface area contributed by atoms with E-state index in [0.717, 1.165) is 5.56 Å². The fourth-order valence-electron chi connectivity index (χ4n) is 3.80. The van der Waals surface area contributed by atoms with Crippen molar-refractivity contribution in [2.75, 3.05) is 12.4 Å². The Morgan fingerprint density at radius 2 is 1.82 bits per heavy atom. The van der Waals surface area contributed by atoms with Crippen LogP contribution in [0.2, 0.25) is 5.02 Å². The maximum atomic E-state index is 13.1. The quantitative estimate of drug-likeness (QED) is 0.429. The largest absolute Gasteiger partial charge is 0.495 e. The number of pyridine rings is 1. The second-order valence-electron chi connectivity index (χ2n) is 7.32. The monoisotopic (exact) mass is 459 g/mol. The zero-order chi connectivity index (χ0) is 22.9. The summed E-state index contributed by atoms with van der Waals surface area (Å²) < 4.78 is 8.54. The third-order valence-corrected chi connectivity index (χ3v) is 5.50. The molecular formula is C24H18ClN5O3. The third-order valence-electron chi connectivity index (χ3n) is 5.27. The van der Waals surface area contributed by atoms with Crippen molar-refractivity contribution >= 4 is 40.0 Å². The van der Waals surface area contributed by atoms with Gasteiger partial charge in [0, 0.05) is 29.0 Å². The number of imidazole rings is 1. The fraction of sp³-hybridized carbons (Fsp3) is 0.0833. The Hall–Kier alpha value is -4.17. The fourth-order valence-corrected chi connectivity index (χ4v) is 3.98. The molecule has 0 atom stereocenters. The highest BCUT2D eigenvalue weighted by Crippen LogP contribution is 2.28. The molecular weight excluding hydrogens is 442 g/mol. The number of halogens is 1. The van der Waals surface area contributed by atoms with Crippen molar-refractivity contribution in [1.82, 2.24) is 18.9 Å². The van der Waals surface area contributed by atoms with Crippen LogP contribution in [0.4, 0.5) is 5.69 Å². The summed E-state index contributed by atoms with van der Waals surface area (Å²) in [6.45, 7) is -0.0705. The van der Waals surface area contributed by atoms with Gasteiger partial charge in [-0.3, -0.25) is 14.6 Å². The average Bonchev–Trinajstić information content (AvgIpc) is 3.14. The average molecular weight is 460 g/mol. The summed E-state index contributed by atoms with van der Waals surface area (Å²) in [5, 5.41) is 3.31. The Morgan fingerprint density at radius 1 is 1.06 bits per heavy atom. The number of hydrogen-bond donors (Lipinski definition) is 1. The third kappa shape index (κ3) is 3.81. The minimum atomic E-state index is -0.317. The lowest BCUT2D eigenvalue weighted by Crippen LogP contribution is -2.21. The number of carbonyl (C=O) groups is 1. The van der Waals surface area contributed by atoms with Gasteiger partial charge in [0.2, 0.25) is 11.7 Å². The van der Waals surface area contributed by atoms with Crippen LogP contribution in [0.15, 0.2) is 77.9 Å². The summed E-state index contributed by atoms with van der Waals surface area (Å²) in [6.07, 6.45) is 3.28. The van der Waals surface area contributed by atoms with Gasteiger partial charge >= 0.3 is 0 Å². The highest BCUT2D eigenvalue weighted by atomic mass is 35.5. The summed E-state index contributed by atoms with van der Waals surface area (Å²) in [7, 11) is 1.52. The maximum absolute atomic E-state index is 13.1. The molecule has 2 aromatic carbocycles. The minimum absolute atomic E-state index is 0.0705. The minimum Gasteiger partial charge on any atom is -0.495 e. The van der Waals surface area contributed by atoms with E-state index in [2.05, 4.69) is 10.3 Å². The number of anilines is 1. The van der Waals surface area contributed by atoms with Crippen LogP contribution >= 0.6 is 11.6 Å². The van der Waals surface area contributed by atoms with Crippen molar-refractivity contribution in [3.05, 3.63) is 88.4 Å². The molecule has 0 spiro atoms. The molecule has 9 heteroatoms. The number of benzene rings is 2. The first-order chi connectivity index (χ1) is 16.0. The smallest absolute Gasteiger partial charge is 0.260 e. The number of carbonyl (C=O) groups excluding carboxylic acids is 1. The Labute approximate surface area is 193 Å². The van der Waals surface area contributed by atoms with Crippen LogP contribution in [-0.4, -0.2) is 32.0 Å². The molecule has 33 heavy (non-hydrogen) atoms. The van der Waals surface area contributed by atoms with Gasteiger partial charge in [-0.15, -0.1) is 0 Å². The summed E-state index contributed by atoms with van der Waals surface area (Å²) >= 11 is 6.08. The van der Waals surface area contributed by atoms with Crippen molar-refractivity contribution in [3.8, 4) is 17.0 Å². The Kier molecular flexibility index (Phi) is 5.27. The molecule has 5 rings (SSSR count). The van der Waals surface area contributed by atoms with E-state index in [0.29, 0.717) is 39.0 Å². The lowest BCUT2D eigenvalue weighted by atomic mass is 10.2. The first-order valence-corrected chi connectivity index (χ1v) is 10.5. The van der Waals surface area contributed by atoms with Crippen molar-refractivity contribution < 1.29 is 9.53 Å². The number of fused-ring (bicyclic) bond motifs is 3. The van der Waals surface area contributed by atoms with Gasteiger partial charge in [-0.25, -0.2) is 9.38 Å². The Balaban J connectivity index is 1.62. The molecule has 3 aromatic heterocycles. The molecule has 5 aromatic rings. The van der Waals surface area contributed by atoms with E-state index in [4.69, 9.17) is 21.3 Å². The number of aromatic nitrogens is 4. The standard InChI is InChI=1S/C24H18ClN5O3/c1-33-21-7-6-16(25)12-18(21)27-22(31)14-29-19-4-2-3-5-20(19)30-23(32)13-17(28-24(29)30)15-8-10-26-11-9-15/h2-13H,14H2,1H3,(H,27,31). The number of methoxy groups -OCH3 is 1. The predicted octanol–water partition coefficient (Wildman–Crippen LogP) is 4.01. The normalized spacial score (nSPS) is 11.1. The topological polar surface area (TPSA) is 90.5 Å². The van der Waals surface area contributed by atoms with Crippen molar-refractivity contribution in [1.29, 1.82) is 0 Å². The lowest BCUT2D eigenvalue weighted by Gasteiger charge is -2.12. The molecule has 0 aliphatic heterocycles. The number of rotatable bonds is 5. The zero-order valence-corrected chi connectivity index (χ0v) is 18.3. The second-order valence-corrected chi connectivity index (χ2v) is 7.75. The van der Waals surface area contributed by atoms with Crippen molar-refractivity contribution in [2.45, 2.75) is 6.54 Å². The van der Waals surface area contributed by atoms with Crippen LogP contribution in [0.1, 0.15) is 0 Å². The number of nitrogens with one attached hydrogen (secondary N) is 1. The first kappa shape index (κ1) is 20.7. The number of para-hydroxylation sites is 2.